The van der Waals surface area contributed by atoms with Gasteiger partial charge in [-0.1, -0.05) is 35.0 Å². The fraction of sp³-hybridized carbons (Fsp3) is 0.462. The summed E-state index contributed by atoms with van der Waals surface area (Å²) >= 11 is 3.45. The van der Waals surface area contributed by atoms with E-state index in [1.165, 1.54) is 5.56 Å². The molecule has 0 spiro atoms. The molecule has 1 aliphatic heterocycles. The zero-order valence-electron chi connectivity index (χ0n) is 9.95. The Kier molecular flexibility index (Phi) is 4.18. The molecule has 4 heteroatoms. The molecule has 0 bridgehead atoms. The van der Waals surface area contributed by atoms with E-state index in [0.29, 0.717) is 6.54 Å². The van der Waals surface area contributed by atoms with Crippen LogP contribution in [0.4, 0.5) is 0 Å². The molecule has 1 unspecified atom stereocenters. The summed E-state index contributed by atoms with van der Waals surface area (Å²) in [5.41, 5.74) is 1.17. The molecule has 1 aromatic rings. The van der Waals surface area contributed by atoms with Gasteiger partial charge < -0.3 is 10.2 Å². The minimum absolute atomic E-state index is 0.00379. The number of carbonyl (C=O) groups excluding carboxylic acids is 1. The number of nitrogens with zero attached hydrogens (tertiary/aromatic N) is 1. The van der Waals surface area contributed by atoms with E-state index in [9.17, 15) is 4.79 Å². The molecule has 2 rings (SSSR count). The molecule has 1 amide bonds. The molecule has 1 aliphatic rings. The molecular formula is C13H17BrN2O. The van der Waals surface area contributed by atoms with Crippen molar-refractivity contribution in [2.45, 2.75) is 25.9 Å². The lowest BCUT2D eigenvalue weighted by Crippen LogP contribution is -2.54. The molecule has 1 heterocycles. The largest absolute Gasteiger partial charge is 0.336 e. The van der Waals surface area contributed by atoms with E-state index in [1.54, 1.807) is 0 Å². The molecule has 17 heavy (non-hydrogen) atoms. The van der Waals surface area contributed by atoms with Gasteiger partial charge in [0.2, 0.25) is 5.91 Å². The maximum absolute atomic E-state index is 12.1. The predicted molar refractivity (Wildman–Crippen MR) is 71.6 cm³/mol. The molecule has 1 N–H and O–H groups in total. The van der Waals surface area contributed by atoms with Crippen LogP contribution in [0.25, 0.3) is 0 Å². The van der Waals surface area contributed by atoms with Gasteiger partial charge in [0.1, 0.15) is 0 Å². The lowest BCUT2D eigenvalue weighted by atomic mass is 10.1. The van der Waals surface area contributed by atoms with Crippen molar-refractivity contribution < 1.29 is 4.79 Å². The van der Waals surface area contributed by atoms with E-state index in [2.05, 4.69) is 33.4 Å². The summed E-state index contributed by atoms with van der Waals surface area (Å²) in [4.78, 5) is 14.0. The van der Waals surface area contributed by atoms with Crippen LogP contribution in [0.5, 0.6) is 0 Å². The second kappa shape index (κ2) is 5.65. The van der Waals surface area contributed by atoms with Crippen LogP contribution in [0.2, 0.25) is 0 Å². The Labute approximate surface area is 110 Å². The van der Waals surface area contributed by atoms with Gasteiger partial charge in [-0.3, -0.25) is 4.79 Å². The third-order valence-electron chi connectivity index (χ3n) is 3.05. The van der Waals surface area contributed by atoms with Gasteiger partial charge in [-0.2, -0.15) is 0 Å². The Balaban J connectivity index is 2.05. The smallest absolute Gasteiger partial charge is 0.240 e. The first-order valence-corrected chi connectivity index (χ1v) is 6.76. The second-order valence-electron chi connectivity index (χ2n) is 4.30. The van der Waals surface area contributed by atoms with Gasteiger partial charge in [-0.25, -0.2) is 0 Å². The summed E-state index contributed by atoms with van der Waals surface area (Å²) < 4.78 is 1.06. The maximum Gasteiger partial charge on any atom is 0.240 e. The number of halogens is 1. The van der Waals surface area contributed by atoms with E-state index in [0.717, 1.165) is 24.0 Å². The average Bonchev–Trinajstić information content (AvgIpc) is 2.32. The van der Waals surface area contributed by atoms with Crippen LogP contribution in [0.3, 0.4) is 0 Å². The molecule has 1 fully saturated rings. The Bertz CT molecular complexity index is 408. The SMILES string of the molecule is CCC1NCCN(Cc2cccc(Br)c2)C1=O. The maximum atomic E-state index is 12.1. The summed E-state index contributed by atoms with van der Waals surface area (Å²) in [6.45, 7) is 4.43. The molecule has 0 saturated carbocycles. The monoisotopic (exact) mass is 296 g/mol. The number of benzene rings is 1. The van der Waals surface area contributed by atoms with Gasteiger partial charge in [0, 0.05) is 24.1 Å². The number of rotatable bonds is 3. The third kappa shape index (κ3) is 3.07. The lowest BCUT2D eigenvalue weighted by Gasteiger charge is -2.32. The van der Waals surface area contributed by atoms with Gasteiger partial charge in [-0.15, -0.1) is 0 Å². The first kappa shape index (κ1) is 12.6. The van der Waals surface area contributed by atoms with Gasteiger partial charge in [0.25, 0.3) is 0 Å². The highest BCUT2D eigenvalue weighted by molar-refractivity contribution is 9.10. The molecule has 1 atom stereocenters. The minimum Gasteiger partial charge on any atom is -0.336 e. The predicted octanol–water partition coefficient (Wildman–Crippen LogP) is 2.16. The van der Waals surface area contributed by atoms with Gasteiger partial charge >= 0.3 is 0 Å². The zero-order chi connectivity index (χ0) is 12.3. The average molecular weight is 297 g/mol. The quantitative estimate of drug-likeness (QED) is 0.927. The number of amides is 1. The molecule has 1 aromatic carbocycles. The van der Waals surface area contributed by atoms with E-state index in [4.69, 9.17) is 0 Å². The van der Waals surface area contributed by atoms with Crippen LogP contribution in [0.1, 0.15) is 18.9 Å². The van der Waals surface area contributed by atoms with Crippen LogP contribution in [0.15, 0.2) is 28.7 Å². The van der Waals surface area contributed by atoms with E-state index in [-0.39, 0.29) is 11.9 Å². The fourth-order valence-corrected chi connectivity index (χ4v) is 2.57. The Morgan fingerprint density at radius 3 is 3.06 bits per heavy atom. The molecule has 0 aliphatic carbocycles. The Hall–Kier alpha value is -0.870. The van der Waals surface area contributed by atoms with Crippen molar-refractivity contribution in [3.05, 3.63) is 34.3 Å². The zero-order valence-corrected chi connectivity index (χ0v) is 11.5. The molecule has 0 radical (unpaired) electrons. The highest BCUT2D eigenvalue weighted by Gasteiger charge is 2.26. The van der Waals surface area contributed by atoms with Crippen molar-refractivity contribution in [2.75, 3.05) is 13.1 Å². The molecule has 0 aromatic heterocycles. The first-order valence-electron chi connectivity index (χ1n) is 5.97. The van der Waals surface area contributed by atoms with Gasteiger partial charge in [-0.05, 0) is 24.1 Å². The number of hydrogen-bond acceptors (Lipinski definition) is 2. The van der Waals surface area contributed by atoms with Crippen LogP contribution in [-0.4, -0.2) is 29.9 Å². The first-order chi connectivity index (χ1) is 8.20. The molecule has 1 saturated heterocycles. The normalized spacial score (nSPS) is 20.7. The van der Waals surface area contributed by atoms with Gasteiger partial charge in [0.15, 0.2) is 0 Å². The van der Waals surface area contributed by atoms with Crippen molar-refractivity contribution in [3.8, 4) is 0 Å². The second-order valence-corrected chi connectivity index (χ2v) is 5.22. The lowest BCUT2D eigenvalue weighted by molar-refractivity contribution is -0.136. The van der Waals surface area contributed by atoms with Gasteiger partial charge in [0.05, 0.1) is 6.04 Å². The number of nitrogens with one attached hydrogen (secondary N) is 1. The van der Waals surface area contributed by atoms with Crippen molar-refractivity contribution in [1.29, 1.82) is 0 Å². The topological polar surface area (TPSA) is 32.3 Å². The van der Waals surface area contributed by atoms with Crippen molar-refractivity contribution in [3.63, 3.8) is 0 Å². The molecular weight excluding hydrogens is 280 g/mol. The van der Waals surface area contributed by atoms with Crippen molar-refractivity contribution >= 4 is 21.8 Å². The summed E-state index contributed by atoms with van der Waals surface area (Å²) in [6.07, 6.45) is 0.855. The highest BCUT2D eigenvalue weighted by atomic mass is 79.9. The van der Waals surface area contributed by atoms with Crippen molar-refractivity contribution in [1.82, 2.24) is 10.2 Å². The number of carbonyl (C=O) groups is 1. The summed E-state index contributed by atoms with van der Waals surface area (Å²) in [6, 6.07) is 8.12. The van der Waals surface area contributed by atoms with E-state index >= 15 is 0 Å². The van der Waals surface area contributed by atoms with Crippen LogP contribution in [-0.2, 0) is 11.3 Å². The number of piperazine rings is 1. The van der Waals surface area contributed by atoms with Crippen LogP contribution in [0, 0.1) is 0 Å². The van der Waals surface area contributed by atoms with E-state index < -0.39 is 0 Å². The van der Waals surface area contributed by atoms with Crippen LogP contribution >= 0.6 is 15.9 Å². The Morgan fingerprint density at radius 2 is 2.35 bits per heavy atom. The fourth-order valence-electron chi connectivity index (χ4n) is 2.12. The minimum atomic E-state index is -0.00379. The number of hydrogen-bond donors (Lipinski definition) is 1. The molecule has 3 nitrogen and oxygen atoms in total. The third-order valence-corrected chi connectivity index (χ3v) is 3.55. The standard InChI is InChI=1S/C13H17BrN2O/c1-2-12-13(17)16(7-6-15-12)9-10-4-3-5-11(14)8-10/h3-5,8,12,15H,2,6-7,9H2,1H3. The van der Waals surface area contributed by atoms with E-state index in [1.807, 2.05) is 24.0 Å². The summed E-state index contributed by atoms with van der Waals surface area (Å²) in [5, 5.41) is 3.25. The summed E-state index contributed by atoms with van der Waals surface area (Å²) in [5.74, 6) is 0.221. The summed E-state index contributed by atoms with van der Waals surface area (Å²) in [7, 11) is 0. The van der Waals surface area contributed by atoms with Crippen LogP contribution < -0.4 is 5.32 Å². The Morgan fingerprint density at radius 1 is 1.53 bits per heavy atom. The highest BCUT2D eigenvalue weighted by Crippen LogP contribution is 2.15. The van der Waals surface area contributed by atoms with Crippen molar-refractivity contribution in [2.24, 2.45) is 0 Å². The molecule has 92 valence electrons.